The van der Waals surface area contributed by atoms with Crippen molar-refractivity contribution in [2.45, 2.75) is 20.3 Å². The van der Waals surface area contributed by atoms with E-state index in [1.807, 2.05) is 5.43 Å². The molecule has 0 aliphatic carbocycles. The number of carboxylic acids is 1. The molecule has 74 valence electrons. The molecule has 6 heteroatoms. The molecule has 1 unspecified atom stereocenters. The minimum atomic E-state index is -0.895. The number of carbonyl (C=O) groups excluding carboxylic acids is 1. The van der Waals surface area contributed by atoms with Gasteiger partial charge in [-0.1, -0.05) is 6.92 Å². The molecule has 0 fully saturated rings. The first-order chi connectivity index (χ1) is 5.93. The molecular weight excluding hydrogens is 174 g/mol. The van der Waals surface area contributed by atoms with Gasteiger partial charge in [-0.3, -0.25) is 4.79 Å². The highest BCUT2D eigenvalue weighted by Crippen LogP contribution is 2.02. The summed E-state index contributed by atoms with van der Waals surface area (Å²) in [6.07, 6.45) is 0.287. The highest BCUT2D eigenvalue weighted by Gasteiger charge is 2.11. The van der Waals surface area contributed by atoms with Crippen molar-refractivity contribution in [3.63, 3.8) is 0 Å². The van der Waals surface area contributed by atoms with Crippen molar-refractivity contribution < 1.29 is 14.7 Å². The first-order valence-corrected chi connectivity index (χ1v) is 3.75. The SMILES string of the molecule is CC(CC(C)C(=O)O)=NNC(N)=O. The molecule has 0 aromatic heterocycles. The molecule has 0 aromatic rings. The third-order valence-corrected chi connectivity index (χ3v) is 1.38. The number of primary amides is 1. The Morgan fingerprint density at radius 2 is 2.15 bits per heavy atom. The van der Waals surface area contributed by atoms with Gasteiger partial charge in [-0.05, 0) is 6.92 Å². The molecule has 0 aromatic carbocycles. The summed E-state index contributed by atoms with van der Waals surface area (Å²) in [6, 6.07) is -0.762. The number of nitrogens with one attached hydrogen (secondary N) is 1. The van der Waals surface area contributed by atoms with Crippen LogP contribution in [-0.4, -0.2) is 22.8 Å². The molecule has 0 rings (SSSR count). The minimum Gasteiger partial charge on any atom is -0.481 e. The Hall–Kier alpha value is -1.59. The topological polar surface area (TPSA) is 105 Å². The lowest BCUT2D eigenvalue weighted by molar-refractivity contribution is -0.140. The lowest BCUT2D eigenvalue weighted by Crippen LogP contribution is -2.26. The van der Waals surface area contributed by atoms with Crippen molar-refractivity contribution >= 4 is 17.7 Å². The quantitative estimate of drug-likeness (QED) is 0.430. The van der Waals surface area contributed by atoms with Crippen molar-refractivity contribution in [2.75, 3.05) is 0 Å². The van der Waals surface area contributed by atoms with Crippen LogP contribution in [0.4, 0.5) is 4.79 Å². The molecule has 0 spiro atoms. The van der Waals surface area contributed by atoms with Crippen LogP contribution in [0.3, 0.4) is 0 Å². The molecule has 0 saturated heterocycles. The number of carboxylic acid groups (broad SMARTS) is 1. The summed E-state index contributed by atoms with van der Waals surface area (Å²) in [7, 11) is 0. The first-order valence-electron chi connectivity index (χ1n) is 3.75. The van der Waals surface area contributed by atoms with Gasteiger partial charge in [0.1, 0.15) is 0 Å². The third-order valence-electron chi connectivity index (χ3n) is 1.38. The van der Waals surface area contributed by atoms with Crippen molar-refractivity contribution in [1.29, 1.82) is 0 Å². The van der Waals surface area contributed by atoms with E-state index in [1.165, 1.54) is 0 Å². The van der Waals surface area contributed by atoms with Gasteiger partial charge in [-0.15, -0.1) is 0 Å². The average molecular weight is 187 g/mol. The fraction of sp³-hybridized carbons (Fsp3) is 0.571. The van der Waals surface area contributed by atoms with Crippen LogP contribution in [0.15, 0.2) is 5.10 Å². The molecule has 0 aliphatic rings. The summed E-state index contributed by atoms with van der Waals surface area (Å²) in [5.41, 5.74) is 7.30. The Bertz CT molecular complexity index is 237. The largest absolute Gasteiger partial charge is 0.481 e. The second-order valence-corrected chi connectivity index (χ2v) is 2.77. The predicted molar refractivity (Wildman–Crippen MR) is 47.2 cm³/mol. The van der Waals surface area contributed by atoms with Gasteiger partial charge in [0.15, 0.2) is 0 Å². The fourth-order valence-corrected chi connectivity index (χ4v) is 0.727. The lowest BCUT2D eigenvalue weighted by atomic mass is 10.1. The van der Waals surface area contributed by atoms with Gasteiger partial charge in [0.25, 0.3) is 0 Å². The minimum absolute atomic E-state index is 0.287. The third kappa shape index (κ3) is 5.66. The fourth-order valence-electron chi connectivity index (χ4n) is 0.727. The normalized spacial score (nSPS) is 13.5. The summed E-state index contributed by atoms with van der Waals surface area (Å²) < 4.78 is 0. The van der Waals surface area contributed by atoms with E-state index in [-0.39, 0.29) is 6.42 Å². The maximum Gasteiger partial charge on any atom is 0.332 e. The van der Waals surface area contributed by atoms with Crippen molar-refractivity contribution in [3.05, 3.63) is 0 Å². The zero-order chi connectivity index (χ0) is 10.4. The first kappa shape index (κ1) is 11.4. The van der Waals surface area contributed by atoms with Gasteiger partial charge in [0, 0.05) is 12.1 Å². The van der Waals surface area contributed by atoms with Crippen molar-refractivity contribution in [1.82, 2.24) is 5.43 Å². The Labute approximate surface area is 75.8 Å². The zero-order valence-electron chi connectivity index (χ0n) is 7.57. The number of hydrogen-bond acceptors (Lipinski definition) is 3. The average Bonchev–Trinajstić information content (AvgIpc) is 2.00. The van der Waals surface area contributed by atoms with E-state index in [0.717, 1.165) is 0 Å². The van der Waals surface area contributed by atoms with Crippen LogP contribution in [0, 0.1) is 5.92 Å². The smallest absolute Gasteiger partial charge is 0.332 e. The number of urea groups is 1. The Balaban J connectivity index is 3.98. The number of hydrogen-bond donors (Lipinski definition) is 3. The summed E-state index contributed by atoms with van der Waals surface area (Å²) in [5.74, 6) is -1.41. The number of nitrogens with zero attached hydrogens (tertiary/aromatic N) is 1. The molecule has 0 bridgehead atoms. The van der Waals surface area contributed by atoms with E-state index < -0.39 is 17.9 Å². The molecule has 13 heavy (non-hydrogen) atoms. The van der Waals surface area contributed by atoms with E-state index >= 15 is 0 Å². The number of aliphatic carboxylic acids is 1. The molecular formula is C7H13N3O3. The van der Waals surface area contributed by atoms with Gasteiger partial charge >= 0.3 is 12.0 Å². The van der Waals surface area contributed by atoms with E-state index in [2.05, 4.69) is 5.10 Å². The summed E-state index contributed by atoms with van der Waals surface area (Å²) in [6.45, 7) is 3.18. The number of hydrazone groups is 1. The second kappa shape index (κ2) is 5.13. The zero-order valence-corrected chi connectivity index (χ0v) is 7.57. The van der Waals surface area contributed by atoms with Crippen LogP contribution < -0.4 is 11.2 Å². The number of nitrogens with two attached hydrogens (primary N) is 1. The van der Waals surface area contributed by atoms with Crippen LogP contribution in [0.1, 0.15) is 20.3 Å². The monoisotopic (exact) mass is 187 g/mol. The molecule has 6 nitrogen and oxygen atoms in total. The maximum atomic E-state index is 10.4. The second-order valence-electron chi connectivity index (χ2n) is 2.77. The van der Waals surface area contributed by atoms with E-state index in [4.69, 9.17) is 10.8 Å². The molecule has 1 atom stereocenters. The van der Waals surface area contributed by atoms with Crippen LogP contribution in [0.5, 0.6) is 0 Å². The standard InChI is InChI=1S/C7H13N3O3/c1-4(6(11)12)3-5(2)9-10-7(8)13/h4H,3H2,1-2H3,(H,11,12)(H3,8,10,13). The Morgan fingerprint density at radius 1 is 1.62 bits per heavy atom. The molecule has 2 amide bonds. The van der Waals surface area contributed by atoms with E-state index in [9.17, 15) is 9.59 Å². The molecule has 0 aliphatic heterocycles. The molecule has 4 N–H and O–H groups in total. The highest BCUT2D eigenvalue weighted by molar-refractivity contribution is 5.87. The van der Waals surface area contributed by atoms with Gasteiger partial charge in [0.2, 0.25) is 0 Å². The molecule has 0 saturated carbocycles. The lowest BCUT2D eigenvalue weighted by Gasteiger charge is -2.04. The predicted octanol–water partition coefficient (Wildman–Crippen LogP) is 0.141. The van der Waals surface area contributed by atoms with Crippen LogP contribution in [-0.2, 0) is 4.79 Å². The van der Waals surface area contributed by atoms with Crippen molar-refractivity contribution in [3.8, 4) is 0 Å². The van der Waals surface area contributed by atoms with Crippen LogP contribution >= 0.6 is 0 Å². The van der Waals surface area contributed by atoms with Crippen molar-refractivity contribution in [2.24, 2.45) is 16.8 Å². The number of carbonyl (C=O) groups is 2. The highest BCUT2D eigenvalue weighted by atomic mass is 16.4. The van der Waals surface area contributed by atoms with Gasteiger partial charge < -0.3 is 10.8 Å². The maximum absolute atomic E-state index is 10.4. The van der Waals surface area contributed by atoms with Gasteiger partial charge in [-0.2, -0.15) is 5.10 Å². The van der Waals surface area contributed by atoms with E-state index in [1.54, 1.807) is 13.8 Å². The molecule has 0 heterocycles. The van der Waals surface area contributed by atoms with Gasteiger partial charge in [0.05, 0.1) is 5.92 Å². The molecule has 0 radical (unpaired) electrons. The van der Waals surface area contributed by atoms with Crippen LogP contribution in [0.2, 0.25) is 0 Å². The summed E-state index contributed by atoms with van der Waals surface area (Å²) >= 11 is 0. The number of rotatable bonds is 4. The Kier molecular flexibility index (Phi) is 4.50. The van der Waals surface area contributed by atoms with Gasteiger partial charge in [-0.25, -0.2) is 10.2 Å². The Morgan fingerprint density at radius 3 is 2.54 bits per heavy atom. The summed E-state index contributed by atoms with van der Waals surface area (Å²) in [5, 5.41) is 12.1. The van der Waals surface area contributed by atoms with Crippen LogP contribution in [0.25, 0.3) is 0 Å². The summed E-state index contributed by atoms with van der Waals surface area (Å²) in [4.78, 5) is 20.6. The van der Waals surface area contributed by atoms with E-state index in [0.29, 0.717) is 5.71 Å². The number of amides is 2.